The van der Waals surface area contributed by atoms with Crippen LogP contribution in [0.4, 0.5) is 58.7 Å². The number of aromatic nitrogens is 19. The third-order valence-corrected chi connectivity index (χ3v) is 23.3. The summed E-state index contributed by atoms with van der Waals surface area (Å²) in [4.78, 5) is 75.6. The number of pyridine rings is 1. The molecule has 0 aliphatic carbocycles. The smallest absolute Gasteiger partial charge is 0.416 e. The maximum absolute atomic E-state index is 13.3. The number of rotatable bonds is 36. The Hall–Kier alpha value is -18.2. The van der Waals surface area contributed by atoms with Crippen LogP contribution < -0.4 is 72.7 Å². The van der Waals surface area contributed by atoms with Crippen LogP contribution in [-0.4, -0.2) is 240 Å². The zero-order valence-corrected chi connectivity index (χ0v) is 84.6. The number of hydrogen-bond donors (Lipinski definition) is 2. The summed E-state index contributed by atoms with van der Waals surface area (Å²) in [5.74, 6) is 12.4. The highest BCUT2D eigenvalue weighted by molar-refractivity contribution is 5.88. The van der Waals surface area contributed by atoms with Crippen molar-refractivity contribution < 1.29 is 75.3 Å². The van der Waals surface area contributed by atoms with Gasteiger partial charge in [-0.05, 0) is 117 Å². The molecule has 0 radical (unpaired) electrons. The van der Waals surface area contributed by atoms with Gasteiger partial charge in [0.15, 0.2) is 6.10 Å². The highest BCUT2D eigenvalue weighted by Gasteiger charge is 2.40. The number of fused-ring (bicyclic) bond motifs is 4. The highest BCUT2D eigenvalue weighted by atomic mass is 19.4. The first-order chi connectivity index (χ1) is 72.2. The fraction of sp³-hybridized carbons (Fsp3) is 0.241. The van der Waals surface area contributed by atoms with Crippen molar-refractivity contribution in [1.29, 1.82) is 0 Å². The molecule has 18 aromatic rings. The van der Waals surface area contributed by atoms with Crippen molar-refractivity contribution in [1.82, 2.24) is 99.0 Å². The van der Waals surface area contributed by atoms with Crippen LogP contribution in [0.25, 0.3) is 95.2 Å². The molecule has 0 aliphatic rings. The van der Waals surface area contributed by atoms with E-state index >= 15 is 0 Å². The van der Waals surface area contributed by atoms with Gasteiger partial charge in [0.25, 0.3) is 0 Å². The van der Waals surface area contributed by atoms with Crippen LogP contribution in [0.15, 0.2) is 257 Å². The second-order valence-electron chi connectivity index (χ2n) is 33.1. The van der Waals surface area contributed by atoms with Gasteiger partial charge in [-0.25, -0.2) is 30.0 Å². The molecule has 41 heteroatoms. The van der Waals surface area contributed by atoms with Crippen LogP contribution in [0.2, 0.25) is 0 Å². The van der Waals surface area contributed by atoms with Gasteiger partial charge < -0.3 is 77.8 Å². The van der Waals surface area contributed by atoms with Crippen LogP contribution >= 0.6 is 0 Å². The molecule has 18 rings (SSSR count). The molecule has 0 fully saturated rings. The summed E-state index contributed by atoms with van der Waals surface area (Å²) in [7, 11) is 22.9. The Labute approximate surface area is 856 Å². The molecule has 0 bridgehead atoms. The zero-order chi connectivity index (χ0) is 105. The molecule has 10 aromatic heterocycles. The van der Waals surface area contributed by atoms with E-state index in [9.17, 15) is 23.1 Å². The second-order valence-corrected chi connectivity index (χ2v) is 33.1. The topological polar surface area (TPSA) is 394 Å². The number of ether oxygens (including phenoxy) is 10. The van der Waals surface area contributed by atoms with Crippen molar-refractivity contribution in [2.45, 2.75) is 38.6 Å². The molecule has 0 unspecified atom stereocenters. The number of nitrogens with two attached hydrogens (primary N) is 1. The van der Waals surface area contributed by atoms with Crippen molar-refractivity contribution in [3.63, 3.8) is 0 Å². The molecule has 0 saturated carbocycles. The number of aryl methyl sites for hydroxylation is 4. The van der Waals surface area contributed by atoms with Crippen LogP contribution in [0.1, 0.15) is 31.3 Å². The number of amides is 1. The molecule has 10 heterocycles. The SMILES string of the molecule is CCOc1ccnc(C#CCN(c2cc(OC)cc(OC)c2)c2ccc3ncc(-c4cnn(C)c4)nc3c2)n1.COc1cc(OC)cc(N(C/C=C\c2ncccc2OC)c2ccc3ncc(-c4cnn(C)c4)nc3c2)c1.COc1cc(OC)cc(N(CCC(=O)N(C)OC)c2ccc3ncc(-c4cnn(C)c4)nc3c2)c1.COc1cc(OC)cc(N(C[C@@H](O)C(F)(F)F)c2ccc3ncc(-c4cnn(CCCN)c4)nc3c2)c1. The van der Waals surface area contributed by atoms with Gasteiger partial charge >= 0.3 is 6.18 Å². The summed E-state index contributed by atoms with van der Waals surface area (Å²) in [5.41, 5.74) is 24.1. The summed E-state index contributed by atoms with van der Waals surface area (Å²) in [6, 6.07) is 49.9. The number of carbonyl (C=O) groups excluding carboxylic acids is 1. The number of aliphatic hydroxyl groups excluding tert-OH is 1. The normalized spacial score (nSPS) is 11.3. The number of hydrogen-bond acceptors (Lipinski definition) is 33. The first-order valence-corrected chi connectivity index (χ1v) is 46.7. The number of benzene rings is 8. The van der Waals surface area contributed by atoms with Gasteiger partial charge in [0.2, 0.25) is 17.6 Å². The van der Waals surface area contributed by atoms with Crippen LogP contribution in [-0.2, 0) is 37.3 Å². The van der Waals surface area contributed by atoms with E-state index < -0.39 is 18.8 Å². The molecule has 149 heavy (non-hydrogen) atoms. The average molecular weight is 2020 g/mol. The molecule has 0 saturated heterocycles. The van der Waals surface area contributed by atoms with Gasteiger partial charge in [-0.2, -0.15) is 38.5 Å². The van der Waals surface area contributed by atoms with Crippen LogP contribution in [0, 0.1) is 11.8 Å². The predicted molar refractivity (Wildman–Crippen MR) is 562 cm³/mol. The first-order valence-electron chi connectivity index (χ1n) is 46.7. The lowest BCUT2D eigenvalue weighted by Crippen LogP contribution is -2.39. The maximum atomic E-state index is 13.3. The Kier molecular flexibility index (Phi) is 34.9. The minimum Gasteiger partial charge on any atom is -0.497 e. The molecule has 1 atom stereocenters. The number of methoxy groups -OCH3 is 9. The average Bonchev–Trinajstić information content (AvgIpc) is 1.79. The Bertz CT molecular complexity index is 7680. The summed E-state index contributed by atoms with van der Waals surface area (Å²) in [5, 5.41) is 28.2. The number of alkyl halides is 3. The van der Waals surface area contributed by atoms with Gasteiger partial charge in [0, 0.05) is 238 Å². The second kappa shape index (κ2) is 49.4. The number of aliphatic hydroxyl groups is 1. The van der Waals surface area contributed by atoms with Crippen LogP contribution in [0.5, 0.6) is 57.6 Å². The quantitative estimate of drug-likeness (QED) is 0.0272. The van der Waals surface area contributed by atoms with Gasteiger partial charge in [0.1, 0.15) is 57.4 Å². The molecule has 766 valence electrons. The van der Waals surface area contributed by atoms with E-state index in [0.29, 0.717) is 131 Å². The molecule has 1 amide bonds. The van der Waals surface area contributed by atoms with E-state index in [1.54, 1.807) is 186 Å². The Morgan fingerprint density at radius 1 is 0.443 bits per heavy atom. The van der Waals surface area contributed by atoms with Crippen LogP contribution in [0.3, 0.4) is 0 Å². The van der Waals surface area contributed by atoms with E-state index in [1.165, 1.54) is 31.3 Å². The fourth-order valence-corrected chi connectivity index (χ4v) is 15.6. The standard InChI is InChI=1S/C29H27N7O3.C29H28N6O3.C25H27F3N6O3.C25H28N6O4/c1-5-39-29-10-11-30-28(34-29)7-6-12-36(22-13-23(37-3)16-24(14-22)38-4)21-8-9-25-26(15-21)33-27(18-31-25)20-17-32-35(2)19-20;1-34-19-20(17-32-34)28-18-31-25-10-9-21(15-27(25)33-28)35(22-13-23(36-2)16-24(14-22)37-3)12-6-7-26-29(38-4)8-5-11-30-26;1-36-19-8-18(9-20(11-19)37-2)34(15-24(35)25(26,27)28)17-4-5-21-22(10-17)32-23(13-30-21)16-12-31-33(14-16)7-3-6-29;1-29-16-17(14-27-29)24-15-26-22-7-6-18(12-23(22)28-24)31(9-8-25(32)30(2)35-5)19-10-20(33-3)13-21(11-19)34-4/h8-11,13-19H,5,12H2,1-4H3;5-11,13-19H,12H2,1-4H3;4-5,8-14,24,35H,3,6-7,15,29H2,1-2H3;6-7,10-16H,8-9H2,1-5H3/b;7-6-;;/t;;24-;/m..1./s1. The van der Waals surface area contributed by atoms with E-state index in [1.807, 2.05) is 190 Å². The van der Waals surface area contributed by atoms with Gasteiger partial charge in [0.05, 0.1) is 207 Å². The Balaban J connectivity index is 0.000000149. The van der Waals surface area contributed by atoms with Crippen molar-refractivity contribution in [3.8, 4) is 114 Å². The molecule has 8 aromatic carbocycles. The van der Waals surface area contributed by atoms with Crippen molar-refractivity contribution >= 4 is 102 Å². The summed E-state index contributed by atoms with van der Waals surface area (Å²) in [6.45, 7) is 4.15. The molecular weight excluding hydrogens is 1910 g/mol. The van der Waals surface area contributed by atoms with Crippen molar-refractivity contribution in [2.75, 3.05) is 137 Å². The van der Waals surface area contributed by atoms with Gasteiger partial charge in [-0.3, -0.25) is 53.3 Å². The van der Waals surface area contributed by atoms with E-state index in [-0.39, 0.29) is 12.3 Å². The lowest BCUT2D eigenvalue weighted by atomic mass is 10.1. The third-order valence-electron chi connectivity index (χ3n) is 23.3. The van der Waals surface area contributed by atoms with E-state index in [0.717, 1.165) is 119 Å². The van der Waals surface area contributed by atoms with Gasteiger partial charge in [-0.15, -0.1) is 0 Å². The highest BCUT2D eigenvalue weighted by Crippen LogP contribution is 2.42. The predicted octanol–water partition coefficient (Wildman–Crippen LogP) is 17.2. The van der Waals surface area contributed by atoms with E-state index in [4.69, 9.17) is 72.9 Å². The van der Waals surface area contributed by atoms with Crippen molar-refractivity contribution in [3.05, 3.63) is 268 Å². The minimum absolute atomic E-state index is 0.146. The molecule has 0 spiro atoms. The summed E-state index contributed by atoms with van der Waals surface area (Å²) < 4.78 is 102. The zero-order valence-electron chi connectivity index (χ0n) is 84.6. The number of carbonyl (C=O) groups is 1. The number of hydroxylamine groups is 2. The summed E-state index contributed by atoms with van der Waals surface area (Å²) in [6.07, 6.45) is 22.4. The van der Waals surface area contributed by atoms with Crippen molar-refractivity contribution in [2.24, 2.45) is 26.9 Å². The molecular formula is C108H110F3N25O13. The summed E-state index contributed by atoms with van der Waals surface area (Å²) >= 11 is 0. The maximum Gasteiger partial charge on any atom is 0.416 e. The molecule has 38 nitrogen and oxygen atoms in total. The Morgan fingerprint density at radius 3 is 1.23 bits per heavy atom. The van der Waals surface area contributed by atoms with E-state index in [2.05, 4.69) is 77.0 Å². The lowest BCUT2D eigenvalue weighted by Gasteiger charge is -2.29. The fourth-order valence-electron chi connectivity index (χ4n) is 15.6. The number of nitrogens with zero attached hydrogens (tertiary/aromatic N) is 24. The minimum atomic E-state index is -4.81. The Morgan fingerprint density at radius 2 is 0.839 bits per heavy atom. The molecule has 3 N–H and O–H groups in total. The number of halogens is 3. The lowest BCUT2D eigenvalue weighted by molar-refractivity contribution is -0.199. The largest absolute Gasteiger partial charge is 0.497 e. The van der Waals surface area contributed by atoms with Gasteiger partial charge in [-0.1, -0.05) is 12.0 Å². The molecule has 0 aliphatic heterocycles. The first kappa shape index (κ1) is 105. The number of anilines is 8. The third kappa shape index (κ3) is 26.9. The monoisotopic (exact) mass is 2020 g/mol.